The highest BCUT2D eigenvalue weighted by Crippen LogP contribution is 2.32. The summed E-state index contributed by atoms with van der Waals surface area (Å²) in [5, 5.41) is 0. The summed E-state index contributed by atoms with van der Waals surface area (Å²) in [4.78, 5) is 13.3. The summed E-state index contributed by atoms with van der Waals surface area (Å²) in [7, 11) is 0. The first-order valence-corrected chi connectivity index (χ1v) is 7.85. The molecular formula is C15H22BrN3O. The Morgan fingerprint density at radius 1 is 1.45 bits per heavy atom. The van der Waals surface area contributed by atoms with Crippen molar-refractivity contribution in [3.8, 4) is 0 Å². The first kappa shape index (κ1) is 15.3. The molecular weight excluding hydrogens is 318 g/mol. The van der Waals surface area contributed by atoms with E-state index in [1.165, 1.54) is 5.69 Å². The molecule has 1 atom stereocenters. The summed E-state index contributed by atoms with van der Waals surface area (Å²) in [5.74, 6) is 0.247. The normalized spacial score (nSPS) is 18.1. The molecule has 1 unspecified atom stereocenters. The van der Waals surface area contributed by atoms with Crippen LogP contribution in [0.25, 0.3) is 0 Å². The molecule has 2 rings (SSSR count). The number of primary amides is 1. The molecule has 0 spiro atoms. The summed E-state index contributed by atoms with van der Waals surface area (Å²) in [6.07, 6.45) is 2.55. The second kappa shape index (κ2) is 6.59. The van der Waals surface area contributed by atoms with Crippen LogP contribution in [0.4, 0.5) is 5.69 Å². The van der Waals surface area contributed by atoms with Crippen molar-refractivity contribution >= 4 is 27.5 Å². The first-order chi connectivity index (χ1) is 9.47. The van der Waals surface area contributed by atoms with Gasteiger partial charge in [-0.2, -0.15) is 0 Å². The monoisotopic (exact) mass is 339 g/mol. The number of amides is 1. The molecule has 0 aliphatic carbocycles. The Bertz CT molecular complexity index is 482. The number of rotatable bonds is 4. The van der Waals surface area contributed by atoms with E-state index in [1.54, 1.807) is 0 Å². The van der Waals surface area contributed by atoms with Crippen molar-refractivity contribution in [1.29, 1.82) is 0 Å². The van der Waals surface area contributed by atoms with Gasteiger partial charge in [-0.1, -0.05) is 6.07 Å². The van der Waals surface area contributed by atoms with Crippen molar-refractivity contribution in [1.82, 2.24) is 0 Å². The number of nitrogens with two attached hydrogens (primary N) is 2. The third-order valence-corrected chi connectivity index (χ3v) is 4.58. The second-order valence-electron chi connectivity index (χ2n) is 5.60. The number of hydrogen-bond donors (Lipinski definition) is 2. The zero-order valence-corrected chi connectivity index (χ0v) is 13.4. The number of benzene rings is 1. The fourth-order valence-corrected chi connectivity index (χ4v) is 3.37. The molecule has 1 fully saturated rings. The SMILES string of the molecule is CC(N)c1ccc(N2CCC(CC(N)=O)CC2)c(Br)c1. The van der Waals surface area contributed by atoms with Crippen LogP contribution in [-0.2, 0) is 4.79 Å². The lowest BCUT2D eigenvalue weighted by molar-refractivity contribution is -0.119. The molecule has 4 nitrogen and oxygen atoms in total. The average Bonchev–Trinajstić information content (AvgIpc) is 2.39. The minimum Gasteiger partial charge on any atom is -0.371 e. The number of anilines is 1. The van der Waals surface area contributed by atoms with Gasteiger partial charge in [0, 0.05) is 30.0 Å². The molecule has 1 aromatic carbocycles. The molecule has 0 aromatic heterocycles. The Balaban J connectivity index is 2.02. The van der Waals surface area contributed by atoms with Crippen molar-refractivity contribution in [2.45, 2.75) is 32.2 Å². The summed E-state index contributed by atoms with van der Waals surface area (Å²) in [6.45, 7) is 3.92. The van der Waals surface area contributed by atoms with Crippen LogP contribution in [0.5, 0.6) is 0 Å². The molecule has 1 saturated heterocycles. The van der Waals surface area contributed by atoms with Gasteiger partial charge in [0.2, 0.25) is 5.91 Å². The third-order valence-electron chi connectivity index (χ3n) is 3.94. The van der Waals surface area contributed by atoms with Gasteiger partial charge in [0.05, 0.1) is 5.69 Å². The Morgan fingerprint density at radius 3 is 2.60 bits per heavy atom. The zero-order chi connectivity index (χ0) is 14.7. The lowest BCUT2D eigenvalue weighted by Gasteiger charge is -2.34. The van der Waals surface area contributed by atoms with Crippen LogP contribution in [-0.4, -0.2) is 19.0 Å². The Labute approximate surface area is 128 Å². The number of carbonyl (C=O) groups excluding carboxylic acids is 1. The van der Waals surface area contributed by atoms with Gasteiger partial charge in [0.15, 0.2) is 0 Å². The van der Waals surface area contributed by atoms with Crippen LogP contribution in [0.3, 0.4) is 0 Å². The van der Waals surface area contributed by atoms with E-state index in [-0.39, 0.29) is 11.9 Å². The number of halogens is 1. The van der Waals surface area contributed by atoms with Crippen molar-refractivity contribution < 1.29 is 4.79 Å². The lowest BCUT2D eigenvalue weighted by atomic mass is 9.93. The molecule has 1 aliphatic heterocycles. The molecule has 1 heterocycles. The van der Waals surface area contributed by atoms with Gasteiger partial charge < -0.3 is 16.4 Å². The minimum atomic E-state index is -0.189. The maximum atomic E-state index is 11.0. The number of piperidine rings is 1. The van der Waals surface area contributed by atoms with Crippen molar-refractivity contribution in [2.24, 2.45) is 17.4 Å². The highest BCUT2D eigenvalue weighted by molar-refractivity contribution is 9.10. The summed E-state index contributed by atoms with van der Waals surface area (Å²) >= 11 is 3.64. The van der Waals surface area contributed by atoms with E-state index in [1.807, 2.05) is 6.92 Å². The van der Waals surface area contributed by atoms with E-state index in [9.17, 15) is 4.79 Å². The molecule has 5 heteroatoms. The van der Waals surface area contributed by atoms with Crippen LogP contribution < -0.4 is 16.4 Å². The van der Waals surface area contributed by atoms with E-state index in [4.69, 9.17) is 11.5 Å². The van der Waals surface area contributed by atoms with Gasteiger partial charge in [-0.3, -0.25) is 4.79 Å². The predicted octanol–water partition coefficient (Wildman–Crippen LogP) is 2.56. The van der Waals surface area contributed by atoms with E-state index >= 15 is 0 Å². The molecule has 0 saturated carbocycles. The zero-order valence-electron chi connectivity index (χ0n) is 11.8. The van der Waals surface area contributed by atoms with Crippen LogP contribution in [0, 0.1) is 5.92 Å². The minimum absolute atomic E-state index is 0.0432. The molecule has 1 aromatic rings. The van der Waals surface area contributed by atoms with Crippen molar-refractivity contribution in [2.75, 3.05) is 18.0 Å². The van der Waals surface area contributed by atoms with Crippen molar-refractivity contribution in [3.63, 3.8) is 0 Å². The highest BCUT2D eigenvalue weighted by Gasteiger charge is 2.22. The largest absolute Gasteiger partial charge is 0.371 e. The molecule has 110 valence electrons. The fourth-order valence-electron chi connectivity index (χ4n) is 2.73. The van der Waals surface area contributed by atoms with E-state index < -0.39 is 0 Å². The Kier molecular flexibility index (Phi) is 5.05. The van der Waals surface area contributed by atoms with Gasteiger partial charge in [-0.05, 0) is 59.3 Å². The summed E-state index contributed by atoms with van der Waals surface area (Å²) in [5.41, 5.74) is 13.5. The third kappa shape index (κ3) is 3.73. The smallest absolute Gasteiger partial charge is 0.217 e. The molecule has 20 heavy (non-hydrogen) atoms. The first-order valence-electron chi connectivity index (χ1n) is 7.05. The van der Waals surface area contributed by atoms with Crippen LogP contribution >= 0.6 is 15.9 Å². The lowest BCUT2D eigenvalue weighted by Crippen LogP contribution is -2.35. The standard InChI is InChI=1S/C15H22BrN3O/c1-10(17)12-2-3-14(13(16)9-12)19-6-4-11(5-7-19)8-15(18)20/h2-3,9-11H,4-8,17H2,1H3,(H2,18,20). The molecule has 1 amide bonds. The number of carbonyl (C=O) groups is 1. The van der Waals surface area contributed by atoms with E-state index in [2.05, 4.69) is 39.0 Å². The van der Waals surface area contributed by atoms with E-state index in [0.29, 0.717) is 12.3 Å². The average molecular weight is 340 g/mol. The van der Waals surface area contributed by atoms with Crippen LogP contribution in [0.1, 0.15) is 37.8 Å². The van der Waals surface area contributed by atoms with Gasteiger partial charge >= 0.3 is 0 Å². The van der Waals surface area contributed by atoms with Gasteiger partial charge in [0.25, 0.3) is 0 Å². The Morgan fingerprint density at radius 2 is 2.10 bits per heavy atom. The van der Waals surface area contributed by atoms with Gasteiger partial charge in [0.1, 0.15) is 0 Å². The predicted molar refractivity (Wildman–Crippen MR) is 85.5 cm³/mol. The molecule has 4 N–H and O–H groups in total. The molecule has 0 bridgehead atoms. The van der Waals surface area contributed by atoms with Gasteiger partial charge in [-0.25, -0.2) is 0 Å². The summed E-state index contributed by atoms with van der Waals surface area (Å²) < 4.78 is 1.08. The van der Waals surface area contributed by atoms with Crippen LogP contribution in [0.15, 0.2) is 22.7 Å². The summed E-state index contributed by atoms with van der Waals surface area (Å²) in [6, 6.07) is 6.34. The van der Waals surface area contributed by atoms with Gasteiger partial charge in [-0.15, -0.1) is 0 Å². The fraction of sp³-hybridized carbons (Fsp3) is 0.533. The van der Waals surface area contributed by atoms with E-state index in [0.717, 1.165) is 36.0 Å². The molecule has 1 aliphatic rings. The topological polar surface area (TPSA) is 72.3 Å². The Hall–Kier alpha value is -1.07. The molecule has 0 radical (unpaired) electrons. The maximum absolute atomic E-state index is 11.0. The van der Waals surface area contributed by atoms with Crippen LogP contribution in [0.2, 0.25) is 0 Å². The maximum Gasteiger partial charge on any atom is 0.217 e. The number of hydrogen-bond acceptors (Lipinski definition) is 3. The highest BCUT2D eigenvalue weighted by atomic mass is 79.9. The second-order valence-corrected chi connectivity index (χ2v) is 6.45. The number of nitrogens with zero attached hydrogens (tertiary/aromatic N) is 1. The quantitative estimate of drug-likeness (QED) is 0.885. The van der Waals surface area contributed by atoms with Crippen molar-refractivity contribution in [3.05, 3.63) is 28.2 Å².